The lowest BCUT2D eigenvalue weighted by Crippen LogP contribution is -2.13. The van der Waals surface area contributed by atoms with Gasteiger partial charge >= 0.3 is 0 Å². The van der Waals surface area contributed by atoms with Gasteiger partial charge in [0.2, 0.25) is 0 Å². The molecule has 24 heavy (non-hydrogen) atoms. The van der Waals surface area contributed by atoms with Gasteiger partial charge in [-0.3, -0.25) is 0 Å². The van der Waals surface area contributed by atoms with Gasteiger partial charge in [0.15, 0.2) is 0 Å². The fourth-order valence-electron chi connectivity index (χ4n) is 2.40. The Bertz CT molecular complexity index is 775. The summed E-state index contributed by atoms with van der Waals surface area (Å²) in [6.45, 7) is 0.719. The van der Waals surface area contributed by atoms with E-state index < -0.39 is 0 Å². The van der Waals surface area contributed by atoms with E-state index >= 15 is 0 Å². The Labute approximate surface area is 141 Å². The zero-order chi connectivity index (χ0) is 16.8. The molecule has 4 nitrogen and oxygen atoms in total. The van der Waals surface area contributed by atoms with Crippen LogP contribution in [0.4, 0.5) is 21.7 Å². The molecule has 5 heteroatoms. The number of benzene rings is 2. The molecule has 3 rings (SSSR count). The fraction of sp³-hybridized carbons (Fsp3) is 0.158. The standard InChI is InChI=1S/C19H19FN4/c1-24(17-5-3-2-4-6-17)19-13-18(22-14-23-19)21-12-11-15-7-9-16(20)10-8-15/h2-10,13-14H,11-12H2,1H3,(H,21,22,23). The molecule has 0 spiro atoms. The van der Waals surface area contributed by atoms with Crippen LogP contribution in [-0.4, -0.2) is 23.6 Å². The van der Waals surface area contributed by atoms with E-state index in [1.807, 2.05) is 48.3 Å². The van der Waals surface area contributed by atoms with Crippen LogP contribution in [0.5, 0.6) is 0 Å². The monoisotopic (exact) mass is 322 g/mol. The number of para-hydroxylation sites is 1. The normalized spacial score (nSPS) is 10.4. The quantitative estimate of drug-likeness (QED) is 0.744. The molecule has 0 unspecified atom stereocenters. The number of nitrogens with one attached hydrogen (secondary N) is 1. The molecule has 0 aliphatic rings. The maximum atomic E-state index is 12.9. The van der Waals surface area contributed by atoms with Crippen LogP contribution in [0.3, 0.4) is 0 Å². The van der Waals surface area contributed by atoms with Crippen LogP contribution in [0.15, 0.2) is 67.0 Å². The zero-order valence-electron chi connectivity index (χ0n) is 13.5. The van der Waals surface area contributed by atoms with Crippen LogP contribution in [-0.2, 0) is 6.42 Å². The summed E-state index contributed by atoms with van der Waals surface area (Å²) in [5.74, 6) is 1.38. The molecule has 0 aliphatic carbocycles. The summed E-state index contributed by atoms with van der Waals surface area (Å²) in [7, 11) is 1.97. The van der Waals surface area contributed by atoms with Crippen molar-refractivity contribution in [3.63, 3.8) is 0 Å². The minimum Gasteiger partial charge on any atom is -0.370 e. The minimum atomic E-state index is -0.212. The van der Waals surface area contributed by atoms with E-state index in [2.05, 4.69) is 15.3 Å². The number of hydrogen-bond donors (Lipinski definition) is 1. The summed E-state index contributed by atoms with van der Waals surface area (Å²) in [6, 6.07) is 18.5. The first-order valence-corrected chi connectivity index (χ1v) is 7.81. The first kappa shape index (κ1) is 15.9. The second kappa shape index (κ2) is 7.55. The highest BCUT2D eigenvalue weighted by molar-refractivity contribution is 5.61. The van der Waals surface area contributed by atoms with Gasteiger partial charge in [0.05, 0.1) is 0 Å². The summed E-state index contributed by atoms with van der Waals surface area (Å²) in [4.78, 5) is 10.6. The highest BCUT2D eigenvalue weighted by atomic mass is 19.1. The van der Waals surface area contributed by atoms with Gasteiger partial charge in [-0.1, -0.05) is 30.3 Å². The third-order valence-electron chi connectivity index (χ3n) is 3.77. The van der Waals surface area contributed by atoms with Crippen molar-refractivity contribution >= 4 is 17.3 Å². The number of nitrogens with zero attached hydrogens (tertiary/aromatic N) is 3. The van der Waals surface area contributed by atoms with Gasteiger partial charge in [-0.05, 0) is 36.2 Å². The third-order valence-corrected chi connectivity index (χ3v) is 3.77. The van der Waals surface area contributed by atoms with Crippen LogP contribution in [0.2, 0.25) is 0 Å². The largest absolute Gasteiger partial charge is 0.370 e. The zero-order valence-corrected chi connectivity index (χ0v) is 13.5. The summed E-state index contributed by atoms with van der Waals surface area (Å²) in [5, 5.41) is 3.28. The Hall–Kier alpha value is -2.95. The summed E-state index contributed by atoms with van der Waals surface area (Å²) in [5.41, 5.74) is 2.15. The highest BCUT2D eigenvalue weighted by Gasteiger charge is 2.06. The Morgan fingerprint density at radius 3 is 2.50 bits per heavy atom. The first-order valence-electron chi connectivity index (χ1n) is 7.81. The molecule has 3 aromatic rings. The van der Waals surface area contributed by atoms with Gasteiger partial charge in [-0.2, -0.15) is 0 Å². The third kappa shape index (κ3) is 4.07. The number of anilines is 3. The fourth-order valence-corrected chi connectivity index (χ4v) is 2.40. The second-order valence-electron chi connectivity index (χ2n) is 5.46. The molecule has 1 heterocycles. The lowest BCUT2D eigenvalue weighted by Gasteiger charge is -2.18. The van der Waals surface area contributed by atoms with Crippen molar-refractivity contribution in [1.82, 2.24) is 9.97 Å². The SMILES string of the molecule is CN(c1ccccc1)c1cc(NCCc2ccc(F)cc2)ncn1. The molecule has 2 aromatic carbocycles. The molecule has 0 amide bonds. The molecule has 0 atom stereocenters. The van der Waals surface area contributed by atoms with E-state index in [1.54, 1.807) is 18.5 Å². The van der Waals surface area contributed by atoms with Crippen LogP contribution >= 0.6 is 0 Å². The Morgan fingerprint density at radius 1 is 1.00 bits per heavy atom. The van der Waals surface area contributed by atoms with Gasteiger partial charge in [0.25, 0.3) is 0 Å². The molecule has 0 bridgehead atoms. The van der Waals surface area contributed by atoms with E-state index in [4.69, 9.17) is 0 Å². The number of halogens is 1. The van der Waals surface area contributed by atoms with Crippen molar-refractivity contribution in [2.24, 2.45) is 0 Å². The van der Waals surface area contributed by atoms with E-state index in [9.17, 15) is 4.39 Å². The van der Waals surface area contributed by atoms with Gasteiger partial charge < -0.3 is 10.2 Å². The summed E-state index contributed by atoms with van der Waals surface area (Å²) < 4.78 is 12.9. The van der Waals surface area contributed by atoms with Crippen molar-refractivity contribution in [2.75, 3.05) is 23.8 Å². The predicted molar refractivity (Wildman–Crippen MR) is 95.1 cm³/mol. The van der Waals surface area contributed by atoms with E-state index in [0.717, 1.165) is 35.9 Å². The molecule has 1 aromatic heterocycles. The van der Waals surface area contributed by atoms with E-state index in [-0.39, 0.29) is 5.82 Å². The smallest absolute Gasteiger partial charge is 0.138 e. The van der Waals surface area contributed by atoms with Crippen LogP contribution in [0, 0.1) is 5.82 Å². The molecule has 0 saturated heterocycles. The molecule has 122 valence electrons. The molecular formula is C19H19FN4. The average Bonchev–Trinajstić information content (AvgIpc) is 2.64. The van der Waals surface area contributed by atoms with Gasteiger partial charge in [0, 0.05) is 25.3 Å². The second-order valence-corrected chi connectivity index (χ2v) is 5.46. The van der Waals surface area contributed by atoms with Crippen molar-refractivity contribution in [2.45, 2.75) is 6.42 Å². The Kier molecular flexibility index (Phi) is 5.01. The molecule has 0 fully saturated rings. The van der Waals surface area contributed by atoms with Crippen molar-refractivity contribution in [1.29, 1.82) is 0 Å². The summed E-state index contributed by atoms with van der Waals surface area (Å²) in [6.07, 6.45) is 2.35. The average molecular weight is 322 g/mol. The van der Waals surface area contributed by atoms with Crippen molar-refractivity contribution in [3.8, 4) is 0 Å². The summed E-state index contributed by atoms with van der Waals surface area (Å²) >= 11 is 0. The molecular weight excluding hydrogens is 303 g/mol. The molecule has 0 saturated carbocycles. The molecule has 0 radical (unpaired) electrons. The minimum absolute atomic E-state index is 0.212. The topological polar surface area (TPSA) is 41.0 Å². The maximum absolute atomic E-state index is 12.9. The highest BCUT2D eigenvalue weighted by Crippen LogP contribution is 2.22. The Morgan fingerprint density at radius 2 is 1.75 bits per heavy atom. The lowest BCUT2D eigenvalue weighted by molar-refractivity contribution is 0.627. The van der Waals surface area contributed by atoms with Gasteiger partial charge in [0.1, 0.15) is 23.8 Å². The number of rotatable bonds is 6. The van der Waals surface area contributed by atoms with Crippen LogP contribution in [0.25, 0.3) is 0 Å². The lowest BCUT2D eigenvalue weighted by atomic mass is 10.1. The Balaban J connectivity index is 1.62. The number of hydrogen-bond acceptors (Lipinski definition) is 4. The maximum Gasteiger partial charge on any atom is 0.138 e. The predicted octanol–water partition coefficient (Wildman–Crippen LogP) is 4.04. The van der Waals surface area contributed by atoms with Crippen molar-refractivity contribution < 1.29 is 4.39 Å². The van der Waals surface area contributed by atoms with Crippen LogP contribution < -0.4 is 10.2 Å². The van der Waals surface area contributed by atoms with Crippen molar-refractivity contribution in [3.05, 3.63) is 78.4 Å². The molecule has 1 N–H and O–H groups in total. The van der Waals surface area contributed by atoms with Gasteiger partial charge in [-0.25, -0.2) is 14.4 Å². The van der Waals surface area contributed by atoms with Gasteiger partial charge in [-0.15, -0.1) is 0 Å². The number of aromatic nitrogens is 2. The van der Waals surface area contributed by atoms with E-state index in [0.29, 0.717) is 0 Å². The van der Waals surface area contributed by atoms with E-state index in [1.165, 1.54) is 12.1 Å². The molecule has 0 aliphatic heterocycles. The first-order chi connectivity index (χ1) is 11.7. The van der Waals surface area contributed by atoms with Crippen LogP contribution in [0.1, 0.15) is 5.56 Å².